The molecule has 2 rings (SSSR count). The van der Waals surface area contributed by atoms with Gasteiger partial charge in [-0.25, -0.2) is 0 Å². The van der Waals surface area contributed by atoms with Gasteiger partial charge < -0.3 is 9.73 Å². The van der Waals surface area contributed by atoms with Gasteiger partial charge in [0, 0.05) is 12.1 Å². The molecule has 0 unspecified atom stereocenters. The van der Waals surface area contributed by atoms with Crippen LogP contribution in [0.1, 0.15) is 31.1 Å². The fourth-order valence-corrected chi connectivity index (χ4v) is 1.75. The lowest BCUT2D eigenvalue weighted by molar-refractivity contribution is 0.545. The first kappa shape index (κ1) is 11.9. The number of H-pyrrole nitrogens is 1. The van der Waals surface area contributed by atoms with Crippen molar-refractivity contribution in [2.24, 2.45) is 0 Å². The highest BCUT2D eigenvalue weighted by molar-refractivity contribution is 5.56. The number of hydrogen-bond acceptors (Lipinski definition) is 3. The van der Waals surface area contributed by atoms with Crippen molar-refractivity contribution in [3.63, 3.8) is 0 Å². The third-order valence-corrected chi connectivity index (χ3v) is 2.73. The summed E-state index contributed by atoms with van der Waals surface area (Å²) >= 11 is 0. The summed E-state index contributed by atoms with van der Waals surface area (Å²) in [7, 11) is 0. The van der Waals surface area contributed by atoms with Gasteiger partial charge in [-0.05, 0) is 32.0 Å². The Balaban J connectivity index is 2.02. The van der Waals surface area contributed by atoms with Crippen LogP contribution in [0.5, 0.6) is 0 Å². The molecule has 17 heavy (non-hydrogen) atoms. The summed E-state index contributed by atoms with van der Waals surface area (Å²) in [6.45, 7) is 6.00. The second-order valence-corrected chi connectivity index (χ2v) is 4.21. The summed E-state index contributed by atoms with van der Waals surface area (Å²) in [4.78, 5) is 0. The van der Waals surface area contributed by atoms with Crippen LogP contribution in [0.3, 0.4) is 0 Å². The van der Waals surface area contributed by atoms with Crippen molar-refractivity contribution in [2.45, 2.75) is 33.2 Å². The van der Waals surface area contributed by atoms with Crippen molar-refractivity contribution in [3.8, 4) is 11.5 Å². The molecule has 2 heterocycles. The van der Waals surface area contributed by atoms with Crippen molar-refractivity contribution < 1.29 is 4.42 Å². The van der Waals surface area contributed by atoms with Gasteiger partial charge in [0.1, 0.15) is 11.5 Å². The predicted octanol–water partition coefficient (Wildman–Crippen LogP) is 2.87. The van der Waals surface area contributed by atoms with E-state index in [2.05, 4.69) is 22.4 Å². The van der Waals surface area contributed by atoms with E-state index in [0.717, 1.165) is 35.9 Å². The van der Waals surface area contributed by atoms with E-state index in [1.54, 1.807) is 0 Å². The van der Waals surface area contributed by atoms with Crippen LogP contribution in [0.4, 0.5) is 0 Å². The maximum absolute atomic E-state index is 5.60. The van der Waals surface area contributed by atoms with Crippen molar-refractivity contribution >= 4 is 0 Å². The van der Waals surface area contributed by atoms with Crippen LogP contribution in [0.25, 0.3) is 11.5 Å². The molecular weight excluding hydrogens is 214 g/mol. The summed E-state index contributed by atoms with van der Waals surface area (Å²) < 4.78 is 5.60. The van der Waals surface area contributed by atoms with Crippen LogP contribution in [-0.2, 0) is 6.54 Å². The van der Waals surface area contributed by atoms with Crippen LogP contribution in [0, 0.1) is 6.92 Å². The number of nitrogens with one attached hydrogen (secondary N) is 2. The Kier molecular flexibility index (Phi) is 3.98. The molecule has 4 heteroatoms. The third kappa shape index (κ3) is 2.97. The maximum Gasteiger partial charge on any atom is 0.152 e. The zero-order chi connectivity index (χ0) is 12.1. The SMILES string of the molecule is CCCCNCc1cn[nH]c1-c1ccc(C)o1. The van der Waals surface area contributed by atoms with Crippen molar-refractivity contribution in [2.75, 3.05) is 6.54 Å². The van der Waals surface area contributed by atoms with Crippen LogP contribution >= 0.6 is 0 Å². The fraction of sp³-hybridized carbons (Fsp3) is 0.462. The quantitative estimate of drug-likeness (QED) is 0.754. The minimum Gasteiger partial charge on any atom is -0.460 e. The highest BCUT2D eigenvalue weighted by Crippen LogP contribution is 2.23. The number of hydrogen-bond donors (Lipinski definition) is 2. The van der Waals surface area contributed by atoms with Gasteiger partial charge in [0.05, 0.1) is 6.20 Å². The second kappa shape index (κ2) is 5.68. The average molecular weight is 233 g/mol. The molecule has 0 saturated heterocycles. The van der Waals surface area contributed by atoms with Gasteiger partial charge in [-0.3, -0.25) is 5.10 Å². The number of aryl methyl sites for hydroxylation is 1. The van der Waals surface area contributed by atoms with Gasteiger partial charge in [0.25, 0.3) is 0 Å². The molecule has 0 radical (unpaired) electrons. The highest BCUT2D eigenvalue weighted by Gasteiger charge is 2.10. The summed E-state index contributed by atoms with van der Waals surface area (Å²) in [5.74, 6) is 1.77. The molecule has 0 aliphatic carbocycles. The van der Waals surface area contributed by atoms with Gasteiger partial charge in [-0.15, -0.1) is 0 Å². The Bertz CT molecular complexity index is 459. The van der Waals surface area contributed by atoms with Crippen molar-refractivity contribution in [1.29, 1.82) is 0 Å². The first-order valence-corrected chi connectivity index (χ1v) is 6.11. The molecule has 0 amide bonds. The van der Waals surface area contributed by atoms with Gasteiger partial charge in [0.15, 0.2) is 5.76 Å². The molecule has 0 atom stereocenters. The van der Waals surface area contributed by atoms with E-state index in [9.17, 15) is 0 Å². The van der Waals surface area contributed by atoms with Crippen LogP contribution in [0.2, 0.25) is 0 Å². The molecule has 0 aromatic carbocycles. The average Bonchev–Trinajstić information content (AvgIpc) is 2.93. The number of rotatable bonds is 6. The molecule has 0 spiro atoms. The topological polar surface area (TPSA) is 53.9 Å². The Morgan fingerprint density at radius 1 is 1.41 bits per heavy atom. The largest absolute Gasteiger partial charge is 0.460 e. The van der Waals surface area contributed by atoms with E-state index in [1.807, 2.05) is 25.3 Å². The maximum atomic E-state index is 5.60. The lowest BCUT2D eigenvalue weighted by Gasteiger charge is -2.03. The first-order chi connectivity index (χ1) is 8.31. The van der Waals surface area contributed by atoms with Gasteiger partial charge >= 0.3 is 0 Å². The zero-order valence-corrected chi connectivity index (χ0v) is 10.4. The lowest BCUT2D eigenvalue weighted by Crippen LogP contribution is -2.14. The monoisotopic (exact) mass is 233 g/mol. The third-order valence-electron chi connectivity index (χ3n) is 2.73. The summed E-state index contributed by atoms with van der Waals surface area (Å²) in [6.07, 6.45) is 4.27. The molecule has 0 aliphatic heterocycles. The van der Waals surface area contributed by atoms with Crippen molar-refractivity contribution in [3.05, 3.63) is 29.7 Å². The standard InChI is InChI=1S/C13H19N3O/c1-3-4-7-14-8-11-9-15-16-13(11)12-6-5-10(2)17-12/h5-6,9,14H,3-4,7-8H2,1-2H3,(H,15,16). The van der Waals surface area contributed by atoms with Gasteiger partial charge in [0.2, 0.25) is 0 Å². The molecule has 92 valence electrons. The van der Waals surface area contributed by atoms with Crippen molar-refractivity contribution in [1.82, 2.24) is 15.5 Å². The number of furan rings is 1. The zero-order valence-electron chi connectivity index (χ0n) is 10.4. The predicted molar refractivity (Wildman–Crippen MR) is 67.6 cm³/mol. The summed E-state index contributed by atoms with van der Waals surface area (Å²) in [5.41, 5.74) is 2.12. The molecular formula is C13H19N3O. The summed E-state index contributed by atoms with van der Waals surface area (Å²) in [6, 6.07) is 3.93. The Morgan fingerprint density at radius 3 is 3.00 bits per heavy atom. The Morgan fingerprint density at radius 2 is 2.29 bits per heavy atom. The molecule has 0 bridgehead atoms. The van der Waals surface area contributed by atoms with Gasteiger partial charge in [-0.2, -0.15) is 5.10 Å². The van der Waals surface area contributed by atoms with E-state index in [1.165, 1.54) is 12.8 Å². The fourth-order valence-electron chi connectivity index (χ4n) is 1.75. The molecule has 2 aromatic heterocycles. The minimum absolute atomic E-state index is 0.825. The van der Waals surface area contributed by atoms with Gasteiger partial charge in [-0.1, -0.05) is 13.3 Å². The normalized spacial score (nSPS) is 10.9. The number of unbranched alkanes of at least 4 members (excludes halogenated alkanes) is 1. The molecule has 0 fully saturated rings. The minimum atomic E-state index is 0.825. The molecule has 0 aliphatic rings. The van der Waals surface area contributed by atoms with E-state index in [0.29, 0.717) is 0 Å². The van der Waals surface area contributed by atoms with Crippen LogP contribution in [-0.4, -0.2) is 16.7 Å². The van der Waals surface area contributed by atoms with E-state index in [-0.39, 0.29) is 0 Å². The smallest absolute Gasteiger partial charge is 0.152 e. The molecule has 4 nitrogen and oxygen atoms in total. The highest BCUT2D eigenvalue weighted by atomic mass is 16.3. The van der Waals surface area contributed by atoms with E-state index < -0.39 is 0 Å². The molecule has 0 saturated carbocycles. The molecule has 2 aromatic rings. The van der Waals surface area contributed by atoms with E-state index in [4.69, 9.17) is 4.42 Å². The number of aromatic nitrogens is 2. The number of nitrogens with zero attached hydrogens (tertiary/aromatic N) is 1. The summed E-state index contributed by atoms with van der Waals surface area (Å²) in [5, 5.41) is 10.5. The Labute approximate surface area is 101 Å². The van der Waals surface area contributed by atoms with Crippen LogP contribution < -0.4 is 5.32 Å². The number of aromatic amines is 1. The van der Waals surface area contributed by atoms with Crippen LogP contribution in [0.15, 0.2) is 22.7 Å². The first-order valence-electron chi connectivity index (χ1n) is 6.11. The van der Waals surface area contributed by atoms with E-state index >= 15 is 0 Å². The lowest BCUT2D eigenvalue weighted by atomic mass is 10.2. The second-order valence-electron chi connectivity index (χ2n) is 4.21. The molecule has 2 N–H and O–H groups in total. The Hall–Kier alpha value is -1.55.